The van der Waals surface area contributed by atoms with E-state index in [1.165, 1.54) is 0 Å². The molecule has 15 heavy (non-hydrogen) atoms. The summed E-state index contributed by atoms with van der Waals surface area (Å²) in [5.74, 6) is 0. The fraction of sp³-hybridized carbons (Fsp3) is 0.833. The number of carbonyl (C=O) groups excluding carboxylic acids is 1. The number of aldehydes is 1. The molecule has 0 rings (SSSR count). The first-order valence-electron chi connectivity index (χ1n) is 3.95. The molecule has 0 amide bonds. The van der Waals surface area contributed by atoms with Crippen molar-refractivity contribution in [3.05, 3.63) is 0 Å². The summed E-state index contributed by atoms with van der Waals surface area (Å²) in [6.45, 7) is -0.826. The van der Waals surface area contributed by atoms with E-state index in [9.17, 15) is 19.4 Å². The van der Waals surface area contributed by atoms with Crippen LogP contribution in [0.5, 0.6) is 0 Å². The number of hydrogen-bond acceptors (Lipinski definition) is 7. The molecule has 9 heteroatoms. The van der Waals surface area contributed by atoms with Crippen molar-refractivity contribution < 1.29 is 34.7 Å². The zero-order valence-electron chi connectivity index (χ0n) is 7.55. The van der Waals surface area contributed by atoms with Gasteiger partial charge in [0.15, 0.2) is 0 Å². The van der Waals surface area contributed by atoms with Crippen LogP contribution in [0.4, 0.5) is 0 Å². The standard InChI is InChI=1S/C6H12NO7P/c8-1-3(7-15(13)14)5(11)6(12)4(10)2-9/h1,3-6,9-12H,2H2,(H,7,13,14)/t3-,4+,5+,6+/m0/s1. The maximum atomic E-state index is 10.4. The summed E-state index contributed by atoms with van der Waals surface area (Å²) < 4.78 is 10.2. The fourth-order valence-corrected chi connectivity index (χ4v) is 1.31. The highest BCUT2D eigenvalue weighted by Crippen LogP contribution is 2.08. The Morgan fingerprint density at radius 3 is 2.20 bits per heavy atom. The average Bonchev–Trinajstić information content (AvgIpc) is 2.22. The summed E-state index contributed by atoms with van der Waals surface area (Å²) >= 11 is 0. The molecule has 0 aliphatic carbocycles. The molecule has 88 valence electrons. The van der Waals surface area contributed by atoms with Crippen LogP contribution < -0.4 is 9.98 Å². The van der Waals surface area contributed by atoms with Crippen molar-refractivity contribution in [2.45, 2.75) is 24.4 Å². The van der Waals surface area contributed by atoms with Crippen molar-refractivity contribution in [1.82, 2.24) is 5.09 Å². The second kappa shape index (κ2) is 6.91. The molecule has 5 N–H and O–H groups in total. The summed E-state index contributed by atoms with van der Waals surface area (Å²) in [5.41, 5.74) is 0. The van der Waals surface area contributed by atoms with Gasteiger partial charge in [0.1, 0.15) is 30.6 Å². The quantitative estimate of drug-likeness (QED) is 0.225. The Morgan fingerprint density at radius 1 is 1.33 bits per heavy atom. The van der Waals surface area contributed by atoms with Gasteiger partial charge in [0.25, 0.3) is 0 Å². The molecule has 0 aromatic rings. The summed E-state index contributed by atoms with van der Waals surface area (Å²) in [4.78, 5) is 20.5. The van der Waals surface area contributed by atoms with Gasteiger partial charge in [-0.15, -0.1) is 0 Å². The maximum Gasteiger partial charge on any atom is 0.409 e. The van der Waals surface area contributed by atoms with Crippen LogP contribution in [-0.2, 0) is 9.36 Å². The highest BCUT2D eigenvalue weighted by atomic mass is 31.1. The number of carbonyl (C=O) groups is 1. The van der Waals surface area contributed by atoms with Gasteiger partial charge in [-0.25, -0.2) is 0 Å². The van der Waals surface area contributed by atoms with Gasteiger partial charge in [0.2, 0.25) is 0 Å². The second-order valence-electron chi connectivity index (χ2n) is 2.78. The van der Waals surface area contributed by atoms with Gasteiger partial charge in [0.05, 0.1) is 6.61 Å². The monoisotopic (exact) mass is 241 g/mol. The third-order valence-electron chi connectivity index (χ3n) is 1.70. The molecule has 0 saturated heterocycles. The van der Waals surface area contributed by atoms with Crippen molar-refractivity contribution in [3.8, 4) is 0 Å². The van der Waals surface area contributed by atoms with Gasteiger partial charge < -0.3 is 30.1 Å². The van der Waals surface area contributed by atoms with Crippen molar-refractivity contribution in [1.29, 1.82) is 0 Å². The van der Waals surface area contributed by atoms with E-state index in [4.69, 9.17) is 15.3 Å². The Labute approximate surface area is 86.1 Å². The Hall–Kier alpha value is -0.470. The first kappa shape index (κ1) is 14.5. The largest absolute Gasteiger partial charge is 0.578 e. The molecule has 0 radical (unpaired) electrons. The first-order valence-corrected chi connectivity index (χ1v) is 5.12. The lowest BCUT2D eigenvalue weighted by Crippen LogP contribution is -2.50. The van der Waals surface area contributed by atoms with Crippen LogP contribution in [0.2, 0.25) is 0 Å². The molecule has 0 spiro atoms. The van der Waals surface area contributed by atoms with E-state index in [0.29, 0.717) is 0 Å². The van der Waals surface area contributed by atoms with E-state index in [-0.39, 0.29) is 6.29 Å². The van der Waals surface area contributed by atoms with Gasteiger partial charge in [-0.3, -0.25) is 0 Å². The number of aliphatic hydroxyl groups is 4. The van der Waals surface area contributed by atoms with E-state index in [1.54, 1.807) is 5.09 Å². The minimum absolute atomic E-state index is 0.0725. The topological polar surface area (TPSA) is 150 Å². The van der Waals surface area contributed by atoms with Gasteiger partial charge in [0, 0.05) is 0 Å². The SMILES string of the molecule is O=C[C@H](N[P+](=O)[O-])[C@@H](O)[C@H](O)[C@H](O)CO. The Kier molecular flexibility index (Phi) is 6.70. The molecule has 0 saturated carbocycles. The first-order chi connectivity index (χ1) is 6.93. The van der Waals surface area contributed by atoms with Gasteiger partial charge in [-0.05, 0) is 0 Å². The zero-order valence-corrected chi connectivity index (χ0v) is 8.45. The molecule has 5 atom stereocenters. The molecule has 0 aromatic heterocycles. The molecule has 0 aliphatic rings. The second-order valence-corrected chi connectivity index (χ2v) is 3.55. The van der Waals surface area contributed by atoms with E-state index in [2.05, 4.69) is 0 Å². The highest BCUT2D eigenvalue weighted by Gasteiger charge is 2.33. The van der Waals surface area contributed by atoms with E-state index in [1.807, 2.05) is 0 Å². The molecule has 0 heterocycles. The predicted molar refractivity (Wildman–Crippen MR) is 45.7 cm³/mol. The summed E-state index contributed by atoms with van der Waals surface area (Å²) in [5, 5.41) is 37.4. The van der Waals surface area contributed by atoms with Crippen molar-refractivity contribution in [3.63, 3.8) is 0 Å². The summed E-state index contributed by atoms with van der Waals surface area (Å²) in [6.07, 6.45) is -5.25. The van der Waals surface area contributed by atoms with Crippen molar-refractivity contribution in [2.75, 3.05) is 6.61 Å². The van der Waals surface area contributed by atoms with Crippen LogP contribution in [0.15, 0.2) is 0 Å². The van der Waals surface area contributed by atoms with E-state index in [0.717, 1.165) is 0 Å². The minimum Gasteiger partial charge on any atom is -0.578 e. The fourth-order valence-electron chi connectivity index (χ4n) is 0.857. The molecule has 0 aromatic carbocycles. The van der Waals surface area contributed by atoms with Crippen LogP contribution in [0, 0.1) is 0 Å². The Morgan fingerprint density at radius 2 is 1.87 bits per heavy atom. The van der Waals surface area contributed by atoms with E-state index < -0.39 is 39.1 Å². The molecular formula is C6H12NO7P. The molecule has 0 fully saturated rings. The molecular weight excluding hydrogens is 229 g/mol. The smallest absolute Gasteiger partial charge is 0.409 e. The van der Waals surface area contributed by atoms with Crippen molar-refractivity contribution in [2.24, 2.45) is 0 Å². The number of nitrogens with one attached hydrogen (secondary N) is 1. The lowest BCUT2D eigenvalue weighted by molar-refractivity contribution is -0.169. The normalized spacial score (nSPS) is 20.2. The molecule has 0 bridgehead atoms. The summed E-state index contributed by atoms with van der Waals surface area (Å²) in [7, 11) is -3.12. The minimum atomic E-state index is -3.12. The Bertz CT molecular complexity index is 226. The summed E-state index contributed by atoms with van der Waals surface area (Å²) in [6, 6.07) is -1.57. The predicted octanol–water partition coefficient (Wildman–Crippen LogP) is -3.76. The molecule has 1 unspecified atom stereocenters. The third-order valence-corrected chi connectivity index (χ3v) is 2.21. The van der Waals surface area contributed by atoms with Crippen LogP contribution in [0.3, 0.4) is 0 Å². The van der Waals surface area contributed by atoms with Gasteiger partial charge >= 0.3 is 8.18 Å². The Balaban J connectivity index is 4.42. The van der Waals surface area contributed by atoms with Gasteiger partial charge in [-0.2, -0.15) is 0 Å². The number of hydrogen-bond donors (Lipinski definition) is 5. The van der Waals surface area contributed by atoms with Crippen LogP contribution in [0.1, 0.15) is 0 Å². The van der Waals surface area contributed by atoms with Crippen LogP contribution >= 0.6 is 8.18 Å². The lowest BCUT2D eigenvalue weighted by Gasteiger charge is -2.23. The maximum absolute atomic E-state index is 10.4. The lowest BCUT2D eigenvalue weighted by atomic mass is 10.0. The van der Waals surface area contributed by atoms with Gasteiger partial charge in [-0.1, -0.05) is 9.65 Å². The van der Waals surface area contributed by atoms with Crippen LogP contribution in [0.25, 0.3) is 0 Å². The molecule has 8 nitrogen and oxygen atoms in total. The zero-order chi connectivity index (χ0) is 12.0. The molecule has 0 aliphatic heterocycles. The van der Waals surface area contributed by atoms with Crippen LogP contribution in [-0.4, -0.2) is 57.7 Å². The van der Waals surface area contributed by atoms with E-state index >= 15 is 0 Å². The average molecular weight is 241 g/mol. The van der Waals surface area contributed by atoms with Crippen molar-refractivity contribution >= 4 is 14.5 Å². The number of aliphatic hydroxyl groups excluding tert-OH is 4. The third kappa shape index (κ3) is 4.72. The number of rotatable bonds is 7. The highest BCUT2D eigenvalue weighted by molar-refractivity contribution is 7.34.